The number of para-hydroxylation sites is 1. The van der Waals surface area contributed by atoms with E-state index in [1.807, 2.05) is 41.8 Å². The zero-order chi connectivity index (χ0) is 14.4. The number of carbonyl (C=O) groups excluding carboxylic acids is 1. The molecule has 0 unspecified atom stereocenters. The number of thiophene rings is 1. The molecule has 0 saturated carbocycles. The molecule has 2 rings (SSSR count). The van der Waals surface area contributed by atoms with Crippen molar-refractivity contribution in [2.45, 2.75) is 13.1 Å². The largest absolute Gasteiger partial charge is 0.496 e. The Morgan fingerprint density at radius 1 is 1.25 bits per heavy atom. The number of carbonyl (C=O) groups is 1. The molecule has 0 aliphatic rings. The number of nitrogens with zero attached hydrogens (tertiary/aromatic N) is 1. The first-order valence-corrected chi connectivity index (χ1v) is 7.24. The molecular formula is C15H18N2O2S. The third kappa shape index (κ3) is 3.59. The SMILES string of the molecule is COc1ccccc1CN(Cc1cccs1)C(=O)CN. The number of rotatable bonds is 6. The van der Waals surface area contributed by atoms with Crippen LogP contribution in [0.5, 0.6) is 5.75 Å². The maximum Gasteiger partial charge on any atom is 0.236 e. The molecule has 1 aromatic carbocycles. The number of hydrogen-bond donors (Lipinski definition) is 1. The second kappa shape index (κ2) is 7.07. The van der Waals surface area contributed by atoms with Crippen molar-refractivity contribution >= 4 is 17.2 Å². The molecule has 0 aliphatic carbocycles. The van der Waals surface area contributed by atoms with Gasteiger partial charge in [0.05, 0.1) is 20.2 Å². The zero-order valence-electron chi connectivity index (χ0n) is 11.4. The first kappa shape index (κ1) is 14.6. The lowest BCUT2D eigenvalue weighted by Crippen LogP contribution is -2.34. The van der Waals surface area contributed by atoms with Crippen molar-refractivity contribution in [3.05, 3.63) is 52.2 Å². The van der Waals surface area contributed by atoms with Crippen LogP contribution in [0.3, 0.4) is 0 Å². The summed E-state index contributed by atoms with van der Waals surface area (Å²) >= 11 is 1.63. The predicted octanol–water partition coefficient (Wildman–Crippen LogP) is 2.24. The van der Waals surface area contributed by atoms with Gasteiger partial charge in [0.15, 0.2) is 0 Å². The maximum absolute atomic E-state index is 12.0. The van der Waals surface area contributed by atoms with Crippen molar-refractivity contribution in [3.8, 4) is 5.75 Å². The smallest absolute Gasteiger partial charge is 0.236 e. The highest BCUT2D eigenvalue weighted by molar-refractivity contribution is 7.09. The van der Waals surface area contributed by atoms with Crippen LogP contribution in [0, 0.1) is 0 Å². The fourth-order valence-corrected chi connectivity index (χ4v) is 2.71. The summed E-state index contributed by atoms with van der Waals surface area (Å²) in [5, 5.41) is 2.00. The van der Waals surface area contributed by atoms with Gasteiger partial charge in [0, 0.05) is 17.0 Å². The molecule has 5 heteroatoms. The molecule has 2 N–H and O–H groups in total. The number of benzene rings is 1. The van der Waals surface area contributed by atoms with Gasteiger partial charge in [-0.3, -0.25) is 4.79 Å². The monoisotopic (exact) mass is 290 g/mol. The van der Waals surface area contributed by atoms with Crippen molar-refractivity contribution in [3.63, 3.8) is 0 Å². The van der Waals surface area contributed by atoms with E-state index in [1.165, 1.54) is 0 Å². The summed E-state index contributed by atoms with van der Waals surface area (Å²) in [7, 11) is 1.63. The fraction of sp³-hybridized carbons (Fsp3) is 0.267. The number of ether oxygens (including phenoxy) is 1. The summed E-state index contributed by atoms with van der Waals surface area (Å²) in [4.78, 5) is 14.9. The zero-order valence-corrected chi connectivity index (χ0v) is 12.2. The summed E-state index contributed by atoms with van der Waals surface area (Å²) in [6.07, 6.45) is 0. The van der Waals surface area contributed by atoms with E-state index in [0.29, 0.717) is 13.1 Å². The van der Waals surface area contributed by atoms with Crippen LogP contribution in [-0.2, 0) is 17.9 Å². The van der Waals surface area contributed by atoms with Crippen molar-refractivity contribution in [1.29, 1.82) is 0 Å². The normalized spacial score (nSPS) is 10.3. The molecule has 0 saturated heterocycles. The first-order valence-electron chi connectivity index (χ1n) is 6.36. The summed E-state index contributed by atoms with van der Waals surface area (Å²) in [5.74, 6) is 0.720. The minimum absolute atomic E-state index is 0.0144. The van der Waals surface area contributed by atoms with Gasteiger partial charge in [-0.25, -0.2) is 0 Å². The van der Waals surface area contributed by atoms with Gasteiger partial charge < -0.3 is 15.4 Å². The van der Waals surface area contributed by atoms with Crippen molar-refractivity contribution in [2.24, 2.45) is 5.73 Å². The van der Waals surface area contributed by atoms with Gasteiger partial charge in [-0.05, 0) is 17.5 Å². The highest BCUT2D eigenvalue weighted by atomic mass is 32.1. The Bertz CT molecular complexity index is 555. The van der Waals surface area contributed by atoms with Gasteiger partial charge in [-0.15, -0.1) is 11.3 Å². The molecule has 2 aromatic rings. The lowest BCUT2D eigenvalue weighted by atomic mass is 10.2. The molecule has 0 radical (unpaired) electrons. The molecule has 1 aromatic heterocycles. The molecule has 20 heavy (non-hydrogen) atoms. The number of methoxy groups -OCH3 is 1. The van der Waals surface area contributed by atoms with Gasteiger partial charge >= 0.3 is 0 Å². The molecule has 1 heterocycles. The van der Waals surface area contributed by atoms with E-state index in [0.717, 1.165) is 16.2 Å². The molecular weight excluding hydrogens is 272 g/mol. The quantitative estimate of drug-likeness (QED) is 0.887. The Morgan fingerprint density at radius 2 is 2.05 bits per heavy atom. The summed E-state index contributed by atoms with van der Waals surface area (Å²) in [5.41, 5.74) is 6.49. The van der Waals surface area contributed by atoms with Crippen LogP contribution in [0.1, 0.15) is 10.4 Å². The number of amides is 1. The molecule has 106 valence electrons. The minimum Gasteiger partial charge on any atom is -0.496 e. The Balaban J connectivity index is 2.17. The molecule has 0 atom stereocenters. The summed E-state index contributed by atoms with van der Waals surface area (Å²) in [6.45, 7) is 1.09. The van der Waals surface area contributed by atoms with Crippen molar-refractivity contribution < 1.29 is 9.53 Å². The van der Waals surface area contributed by atoms with Gasteiger partial charge in [-0.1, -0.05) is 24.3 Å². The lowest BCUT2D eigenvalue weighted by Gasteiger charge is -2.22. The lowest BCUT2D eigenvalue weighted by molar-refractivity contribution is -0.130. The molecule has 0 aliphatic heterocycles. The Morgan fingerprint density at radius 3 is 2.70 bits per heavy atom. The van der Waals surface area contributed by atoms with Gasteiger partial charge in [-0.2, -0.15) is 0 Å². The summed E-state index contributed by atoms with van der Waals surface area (Å²) < 4.78 is 5.33. The van der Waals surface area contributed by atoms with Crippen LogP contribution in [-0.4, -0.2) is 24.5 Å². The van der Waals surface area contributed by atoms with Crippen LogP contribution in [0.15, 0.2) is 41.8 Å². The van der Waals surface area contributed by atoms with E-state index in [4.69, 9.17) is 10.5 Å². The molecule has 1 amide bonds. The van der Waals surface area contributed by atoms with E-state index in [-0.39, 0.29) is 12.5 Å². The topological polar surface area (TPSA) is 55.6 Å². The first-order chi connectivity index (χ1) is 9.74. The van der Waals surface area contributed by atoms with Crippen molar-refractivity contribution in [2.75, 3.05) is 13.7 Å². The second-order valence-electron chi connectivity index (χ2n) is 4.35. The third-order valence-electron chi connectivity index (χ3n) is 3.01. The van der Waals surface area contributed by atoms with Crippen LogP contribution in [0.2, 0.25) is 0 Å². The molecule has 0 spiro atoms. The van der Waals surface area contributed by atoms with E-state index in [9.17, 15) is 4.79 Å². The van der Waals surface area contributed by atoms with E-state index >= 15 is 0 Å². The second-order valence-corrected chi connectivity index (χ2v) is 5.38. The average molecular weight is 290 g/mol. The fourth-order valence-electron chi connectivity index (χ4n) is 1.99. The van der Waals surface area contributed by atoms with Gasteiger partial charge in [0.1, 0.15) is 5.75 Å². The summed E-state index contributed by atoms with van der Waals surface area (Å²) in [6, 6.07) is 11.7. The van der Waals surface area contributed by atoms with Crippen LogP contribution < -0.4 is 10.5 Å². The van der Waals surface area contributed by atoms with E-state index in [1.54, 1.807) is 23.3 Å². The highest BCUT2D eigenvalue weighted by Crippen LogP contribution is 2.21. The van der Waals surface area contributed by atoms with Crippen LogP contribution in [0.25, 0.3) is 0 Å². The van der Waals surface area contributed by atoms with Crippen LogP contribution >= 0.6 is 11.3 Å². The van der Waals surface area contributed by atoms with E-state index in [2.05, 4.69) is 0 Å². The standard InChI is InChI=1S/C15H18N2O2S/c1-19-14-7-3-2-5-12(14)10-17(15(18)9-16)11-13-6-4-8-20-13/h2-8H,9-11,16H2,1H3. The number of nitrogens with two attached hydrogens (primary N) is 1. The van der Waals surface area contributed by atoms with E-state index < -0.39 is 0 Å². The Hall–Kier alpha value is -1.85. The third-order valence-corrected chi connectivity index (χ3v) is 3.87. The average Bonchev–Trinajstić information content (AvgIpc) is 2.99. The molecule has 0 fully saturated rings. The Labute approximate surface area is 122 Å². The van der Waals surface area contributed by atoms with Gasteiger partial charge in [0.2, 0.25) is 5.91 Å². The molecule has 0 bridgehead atoms. The highest BCUT2D eigenvalue weighted by Gasteiger charge is 2.15. The number of hydrogen-bond acceptors (Lipinski definition) is 4. The Kier molecular flexibility index (Phi) is 5.15. The maximum atomic E-state index is 12.0. The minimum atomic E-state index is -0.0655. The van der Waals surface area contributed by atoms with Crippen molar-refractivity contribution in [1.82, 2.24) is 4.90 Å². The molecule has 4 nitrogen and oxygen atoms in total. The predicted molar refractivity (Wildman–Crippen MR) is 80.6 cm³/mol. The van der Waals surface area contributed by atoms with Crippen LogP contribution in [0.4, 0.5) is 0 Å². The van der Waals surface area contributed by atoms with Gasteiger partial charge in [0.25, 0.3) is 0 Å².